The summed E-state index contributed by atoms with van der Waals surface area (Å²) in [6.07, 6.45) is 3.13. The molecule has 31 heavy (non-hydrogen) atoms. The molecule has 2 heterocycles. The van der Waals surface area contributed by atoms with Gasteiger partial charge in [-0.1, -0.05) is 55.9 Å². The lowest BCUT2D eigenvalue weighted by molar-refractivity contribution is -0.120. The highest BCUT2D eigenvalue weighted by Gasteiger charge is 2.19. The molecule has 0 aliphatic heterocycles. The van der Waals surface area contributed by atoms with Crippen LogP contribution in [0, 0.1) is 13.8 Å². The Balaban J connectivity index is 1.71. The second-order valence-electron chi connectivity index (χ2n) is 7.62. The van der Waals surface area contributed by atoms with Gasteiger partial charge in [0.1, 0.15) is 0 Å². The second kappa shape index (κ2) is 10.7. The van der Waals surface area contributed by atoms with E-state index in [2.05, 4.69) is 63.4 Å². The number of nitrogens with zero attached hydrogens (tertiary/aromatic N) is 5. The van der Waals surface area contributed by atoms with Crippen LogP contribution in [0.4, 0.5) is 0 Å². The first-order valence-electron chi connectivity index (χ1n) is 10.8. The number of aromatic nitrogens is 4. The van der Waals surface area contributed by atoms with Crippen molar-refractivity contribution in [2.45, 2.75) is 51.7 Å². The van der Waals surface area contributed by atoms with Crippen molar-refractivity contribution in [3.05, 3.63) is 52.8 Å². The number of carbonyl (C=O) groups excluding carboxylic acids is 1. The summed E-state index contributed by atoms with van der Waals surface area (Å²) in [5, 5.41) is 8.32. The number of fused-ring (bicyclic) bond motifs is 1. The number of rotatable bonds is 10. The Morgan fingerprint density at radius 1 is 1.16 bits per heavy atom. The van der Waals surface area contributed by atoms with E-state index in [0.29, 0.717) is 17.5 Å². The number of aryl methyl sites for hydroxylation is 2. The lowest BCUT2D eigenvalue weighted by Crippen LogP contribution is -2.45. The molecule has 1 atom stereocenters. The molecule has 0 spiro atoms. The van der Waals surface area contributed by atoms with Crippen LogP contribution >= 0.6 is 11.8 Å². The third-order valence-corrected chi connectivity index (χ3v) is 6.27. The zero-order valence-corrected chi connectivity index (χ0v) is 19.9. The Labute approximate surface area is 188 Å². The smallest absolute Gasteiger partial charge is 0.253 e. The lowest BCUT2D eigenvalue weighted by atomic mass is 10.0. The van der Waals surface area contributed by atoms with Crippen molar-refractivity contribution in [1.29, 1.82) is 0 Å². The van der Waals surface area contributed by atoms with Crippen LogP contribution in [0.3, 0.4) is 0 Å². The SMILES string of the molecule is CCN(CC)C(CNC(=O)Cc1c(C)nc2nc(SC)nn2c1C)Cc1ccccc1. The van der Waals surface area contributed by atoms with E-state index in [-0.39, 0.29) is 18.4 Å². The topological polar surface area (TPSA) is 75.4 Å². The van der Waals surface area contributed by atoms with Crippen molar-refractivity contribution in [3.63, 3.8) is 0 Å². The van der Waals surface area contributed by atoms with Gasteiger partial charge in [0, 0.05) is 29.5 Å². The summed E-state index contributed by atoms with van der Waals surface area (Å²) in [5.41, 5.74) is 3.93. The van der Waals surface area contributed by atoms with Gasteiger partial charge < -0.3 is 5.32 Å². The quantitative estimate of drug-likeness (QED) is 0.489. The number of likely N-dealkylation sites (N-methyl/N-ethyl adjacent to an activating group) is 1. The molecule has 3 aromatic rings. The van der Waals surface area contributed by atoms with Gasteiger partial charge in [-0.3, -0.25) is 9.69 Å². The minimum Gasteiger partial charge on any atom is -0.354 e. The average molecular weight is 441 g/mol. The average Bonchev–Trinajstić information content (AvgIpc) is 3.19. The van der Waals surface area contributed by atoms with E-state index < -0.39 is 0 Å². The maximum absolute atomic E-state index is 12.9. The first kappa shape index (κ1) is 23.2. The van der Waals surface area contributed by atoms with Crippen LogP contribution in [0.2, 0.25) is 0 Å². The van der Waals surface area contributed by atoms with Crippen LogP contribution in [0.1, 0.15) is 36.4 Å². The molecule has 1 unspecified atom stereocenters. The van der Waals surface area contributed by atoms with Crippen LogP contribution in [-0.4, -0.2) is 62.3 Å². The van der Waals surface area contributed by atoms with Gasteiger partial charge in [0.05, 0.1) is 6.42 Å². The van der Waals surface area contributed by atoms with Gasteiger partial charge in [-0.15, -0.1) is 5.10 Å². The number of nitrogens with one attached hydrogen (secondary N) is 1. The van der Waals surface area contributed by atoms with Crippen LogP contribution in [-0.2, 0) is 17.6 Å². The second-order valence-corrected chi connectivity index (χ2v) is 8.39. The van der Waals surface area contributed by atoms with E-state index in [1.807, 2.05) is 26.2 Å². The molecule has 0 saturated heterocycles. The minimum atomic E-state index is 0.00257. The van der Waals surface area contributed by atoms with Gasteiger partial charge in [-0.05, 0) is 45.2 Å². The maximum atomic E-state index is 12.9. The number of hydrogen-bond donors (Lipinski definition) is 1. The Morgan fingerprint density at radius 2 is 1.87 bits per heavy atom. The molecule has 1 amide bonds. The van der Waals surface area contributed by atoms with Gasteiger partial charge in [-0.2, -0.15) is 4.98 Å². The standard InChI is InChI=1S/C23H32N6OS/c1-6-28(7-2)19(13-18-11-9-8-10-12-18)15-24-21(30)14-20-16(3)25-22-26-23(31-5)27-29(22)17(20)4/h8-12,19H,6-7,13-15H2,1-5H3,(H,24,30). The molecule has 1 N–H and O–H groups in total. The largest absolute Gasteiger partial charge is 0.354 e. The van der Waals surface area contributed by atoms with Crippen LogP contribution in [0.25, 0.3) is 5.78 Å². The molecule has 0 aliphatic rings. The molecule has 166 valence electrons. The molecule has 0 radical (unpaired) electrons. The third kappa shape index (κ3) is 5.62. The highest BCUT2D eigenvalue weighted by atomic mass is 32.2. The van der Waals surface area contributed by atoms with Crippen molar-refractivity contribution < 1.29 is 4.79 Å². The Kier molecular flexibility index (Phi) is 8.03. The van der Waals surface area contributed by atoms with Crippen molar-refractivity contribution in [2.24, 2.45) is 0 Å². The predicted molar refractivity (Wildman–Crippen MR) is 126 cm³/mol. The van der Waals surface area contributed by atoms with Crippen molar-refractivity contribution in [3.8, 4) is 0 Å². The van der Waals surface area contributed by atoms with E-state index in [9.17, 15) is 4.79 Å². The van der Waals surface area contributed by atoms with E-state index in [4.69, 9.17) is 0 Å². The Morgan fingerprint density at radius 3 is 2.52 bits per heavy atom. The normalized spacial score (nSPS) is 12.5. The number of thioether (sulfide) groups is 1. The zero-order chi connectivity index (χ0) is 22.4. The third-order valence-electron chi connectivity index (χ3n) is 5.73. The van der Waals surface area contributed by atoms with Crippen LogP contribution in [0.15, 0.2) is 35.5 Å². The molecule has 2 aromatic heterocycles. The molecule has 7 nitrogen and oxygen atoms in total. The highest BCUT2D eigenvalue weighted by Crippen LogP contribution is 2.17. The number of amides is 1. The number of benzene rings is 1. The van der Waals surface area contributed by atoms with Crippen molar-refractivity contribution >= 4 is 23.4 Å². The summed E-state index contributed by atoms with van der Waals surface area (Å²) < 4.78 is 1.73. The van der Waals surface area contributed by atoms with E-state index in [1.54, 1.807) is 4.52 Å². The fourth-order valence-corrected chi connectivity index (χ4v) is 4.28. The molecule has 0 aliphatic carbocycles. The van der Waals surface area contributed by atoms with E-state index in [0.717, 1.165) is 36.5 Å². The first-order valence-corrected chi connectivity index (χ1v) is 12.0. The number of carbonyl (C=O) groups is 1. The minimum absolute atomic E-state index is 0.00257. The van der Waals surface area contributed by atoms with Gasteiger partial charge in [0.15, 0.2) is 0 Å². The summed E-state index contributed by atoms with van der Waals surface area (Å²) in [7, 11) is 0. The maximum Gasteiger partial charge on any atom is 0.253 e. The van der Waals surface area contributed by atoms with Gasteiger partial charge in [-0.25, -0.2) is 9.50 Å². The molecular weight excluding hydrogens is 408 g/mol. The Hall–Kier alpha value is -2.45. The van der Waals surface area contributed by atoms with Gasteiger partial charge >= 0.3 is 0 Å². The molecule has 8 heteroatoms. The molecule has 0 bridgehead atoms. The van der Waals surface area contributed by atoms with Crippen molar-refractivity contribution in [1.82, 2.24) is 29.8 Å². The summed E-state index contributed by atoms with van der Waals surface area (Å²) >= 11 is 1.48. The molecule has 0 saturated carbocycles. The lowest BCUT2D eigenvalue weighted by Gasteiger charge is -2.30. The number of hydrogen-bond acceptors (Lipinski definition) is 6. The fraction of sp³-hybridized carbons (Fsp3) is 0.478. The highest BCUT2D eigenvalue weighted by molar-refractivity contribution is 7.98. The summed E-state index contributed by atoms with van der Waals surface area (Å²) in [6.45, 7) is 10.7. The van der Waals surface area contributed by atoms with Gasteiger partial charge in [0.2, 0.25) is 11.1 Å². The molecular formula is C23H32N6OS. The molecule has 3 rings (SSSR count). The molecule has 1 aromatic carbocycles. The van der Waals surface area contributed by atoms with Crippen molar-refractivity contribution in [2.75, 3.05) is 25.9 Å². The Bertz CT molecular complexity index is 1020. The van der Waals surface area contributed by atoms with E-state index >= 15 is 0 Å². The summed E-state index contributed by atoms with van der Waals surface area (Å²) in [5.74, 6) is 0.579. The van der Waals surface area contributed by atoms with Crippen LogP contribution in [0.5, 0.6) is 0 Å². The van der Waals surface area contributed by atoms with E-state index in [1.165, 1.54) is 17.3 Å². The predicted octanol–water partition coefficient (Wildman–Crippen LogP) is 3.07. The summed E-state index contributed by atoms with van der Waals surface area (Å²) in [4.78, 5) is 24.2. The van der Waals surface area contributed by atoms with Crippen LogP contribution < -0.4 is 5.32 Å². The molecule has 0 fully saturated rings. The zero-order valence-electron chi connectivity index (χ0n) is 19.1. The first-order chi connectivity index (χ1) is 15.0. The fourth-order valence-electron chi connectivity index (χ4n) is 3.94. The monoisotopic (exact) mass is 440 g/mol. The summed E-state index contributed by atoms with van der Waals surface area (Å²) in [6, 6.07) is 10.7. The van der Waals surface area contributed by atoms with Gasteiger partial charge in [0.25, 0.3) is 5.78 Å².